The number of nitrogens with zero attached hydrogens (tertiary/aromatic N) is 2. The largest absolute Gasteiger partial charge is 0.497 e. The number of hydrogen-bond donors (Lipinski definition) is 0. The normalized spacial score (nSPS) is 19.1. The summed E-state index contributed by atoms with van der Waals surface area (Å²) in [5.41, 5.74) is 1.76. The van der Waals surface area contributed by atoms with Gasteiger partial charge in [0.05, 0.1) is 7.11 Å². The van der Waals surface area contributed by atoms with Crippen LogP contribution in [0, 0.1) is 6.92 Å². The van der Waals surface area contributed by atoms with Crippen molar-refractivity contribution >= 4 is 5.91 Å². The first-order chi connectivity index (χ1) is 12.2. The number of aryl methyl sites for hydroxylation is 1. The molecule has 0 N–H and O–H groups in total. The van der Waals surface area contributed by atoms with Crippen molar-refractivity contribution in [3.8, 4) is 5.75 Å². The van der Waals surface area contributed by atoms with E-state index in [0.29, 0.717) is 0 Å². The van der Waals surface area contributed by atoms with Gasteiger partial charge in [0.25, 0.3) is 5.91 Å². The number of carbonyl (C=O) groups excluding carboxylic acids is 1. The molecule has 0 bridgehead atoms. The lowest BCUT2D eigenvalue weighted by molar-refractivity contribution is 0.0270. The Morgan fingerprint density at radius 1 is 1.28 bits per heavy atom. The molecule has 5 heteroatoms. The van der Waals surface area contributed by atoms with Crippen molar-refractivity contribution in [2.45, 2.75) is 38.6 Å². The Morgan fingerprint density at radius 2 is 2.00 bits per heavy atom. The van der Waals surface area contributed by atoms with Gasteiger partial charge in [0.15, 0.2) is 0 Å². The van der Waals surface area contributed by atoms with Gasteiger partial charge < -0.3 is 19.3 Å². The number of carbonyl (C=O) groups is 1. The molecule has 1 aromatic rings. The summed E-state index contributed by atoms with van der Waals surface area (Å²) in [6.45, 7) is 7.58. The number of hydrogen-bond acceptors (Lipinski definition) is 4. The molecule has 138 valence electrons. The summed E-state index contributed by atoms with van der Waals surface area (Å²) in [6, 6.07) is 6.00. The molecule has 25 heavy (non-hydrogen) atoms. The quantitative estimate of drug-likeness (QED) is 0.794. The molecule has 0 spiro atoms. The smallest absolute Gasteiger partial charge is 0.254 e. The highest BCUT2D eigenvalue weighted by atomic mass is 16.5. The fourth-order valence-electron chi connectivity index (χ4n) is 3.86. The molecule has 5 nitrogen and oxygen atoms in total. The third-order valence-electron chi connectivity index (χ3n) is 5.41. The van der Waals surface area contributed by atoms with Crippen LogP contribution in [0.4, 0.5) is 0 Å². The van der Waals surface area contributed by atoms with E-state index in [9.17, 15) is 4.79 Å². The highest BCUT2D eigenvalue weighted by molar-refractivity contribution is 5.96. The van der Waals surface area contributed by atoms with Gasteiger partial charge in [-0.1, -0.05) is 0 Å². The summed E-state index contributed by atoms with van der Waals surface area (Å²) >= 11 is 0. The van der Waals surface area contributed by atoms with Gasteiger partial charge in [0.2, 0.25) is 0 Å². The van der Waals surface area contributed by atoms with Crippen molar-refractivity contribution in [1.82, 2.24) is 9.80 Å². The van der Waals surface area contributed by atoms with Crippen molar-refractivity contribution < 1.29 is 14.3 Å². The monoisotopic (exact) mass is 346 g/mol. The Balaban J connectivity index is 1.75. The molecule has 1 aromatic carbocycles. The van der Waals surface area contributed by atoms with E-state index in [1.165, 1.54) is 12.8 Å². The molecule has 0 aliphatic carbocycles. The maximum atomic E-state index is 13.3. The Hall–Kier alpha value is -1.59. The average Bonchev–Trinajstić information content (AvgIpc) is 3.16. The molecule has 2 fully saturated rings. The van der Waals surface area contributed by atoms with Crippen LogP contribution in [0.25, 0.3) is 0 Å². The Labute approximate surface area is 150 Å². The van der Waals surface area contributed by atoms with Crippen molar-refractivity contribution in [3.05, 3.63) is 29.3 Å². The summed E-state index contributed by atoms with van der Waals surface area (Å²) in [7, 11) is 1.65. The number of ether oxygens (including phenoxy) is 2. The summed E-state index contributed by atoms with van der Waals surface area (Å²) in [4.78, 5) is 17.9. The van der Waals surface area contributed by atoms with Gasteiger partial charge in [-0.3, -0.25) is 4.79 Å². The zero-order valence-electron chi connectivity index (χ0n) is 15.5. The van der Waals surface area contributed by atoms with Crippen LogP contribution in [-0.4, -0.2) is 68.3 Å². The number of likely N-dealkylation sites (tertiary alicyclic amines) is 1. The molecule has 2 heterocycles. The summed E-state index contributed by atoms with van der Waals surface area (Å²) < 4.78 is 10.8. The molecule has 1 amide bonds. The zero-order valence-corrected chi connectivity index (χ0v) is 15.5. The minimum Gasteiger partial charge on any atom is -0.497 e. The summed E-state index contributed by atoms with van der Waals surface area (Å²) in [5, 5.41) is 0. The maximum Gasteiger partial charge on any atom is 0.254 e. The summed E-state index contributed by atoms with van der Waals surface area (Å²) in [6.07, 6.45) is 4.42. The minimum atomic E-state index is 0.145. The number of rotatable bonds is 6. The van der Waals surface area contributed by atoms with Crippen LogP contribution in [0.3, 0.4) is 0 Å². The topological polar surface area (TPSA) is 42.0 Å². The molecule has 0 radical (unpaired) electrons. The van der Waals surface area contributed by atoms with E-state index in [-0.39, 0.29) is 11.9 Å². The van der Waals surface area contributed by atoms with Crippen LogP contribution in [0.1, 0.15) is 41.6 Å². The fraction of sp³-hybridized carbons (Fsp3) is 0.650. The predicted molar refractivity (Wildman–Crippen MR) is 98.3 cm³/mol. The molecule has 0 unspecified atom stereocenters. The molecule has 2 saturated heterocycles. The fourth-order valence-corrected chi connectivity index (χ4v) is 3.86. The van der Waals surface area contributed by atoms with E-state index in [4.69, 9.17) is 9.47 Å². The van der Waals surface area contributed by atoms with Gasteiger partial charge in [0, 0.05) is 37.9 Å². The van der Waals surface area contributed by atoms with Crippen molar-refractivity contribution in [2.75, 3.05) is 46.5 Å². The highest BCUT2D eigenvalue weighted by Crippen LogP contribution is 2.22. The molecule has 3 rings (SSSR count). The first-order valence-corrected chi connectivity index (χ1v) is 9.45. The van der Waals surface area contributed by atoms with Gasteiger partial charge in [-0.2, -0.15) is 0 Å². The van der Waals surface area contributed by atoms with Gasteiger partial charge in [-0.25, -0.2) is 0 Å². The first-order valence-electron chi connectivity index (χ1n) is 9.45. The first kappa shape index (κ1) is 18.2. The lowest BCUT2D eigenvalue weighted by atomic mass is 10.0. The average molecular weight is 346 g/mol. The van der Waals surface area contributed by atoms with Crippen LogP contribution in [0.5, 0.6) is 5.75 Å². The van der Waals surface area contributed by atoms with E-state index in [1.807, 2.05) is 25.1 Å². The minimum absolute atomic E-state index is 0.145. The highest BCUT2D eigenvalue weighted by Gasteiger charge is 2.28. The maximum absolute atomic E-state index is 13.3. The summed E-state index contributed by atoms with van der Waals surface area (Å²) in [5.74, 6) is 0.940. The molecule has 0 atom stereocenters. The molecule has 0 aromatic heterocycles. The van der Waals surface area contributed by atoms with Crippen LogP contribution in [0.2, 0.25) is 0 Å². The molecule has 2 aliphatic rings. The van der Waals surface area contributed by atoms with Crippen LogP contribution < -0.4 is 4.74 Å². The number of benzene rings is 1. The van der Waals surface area contributed by atoms with E-state index >= 15 is 0 Å². The molecule has 2 aliphatic heterocycles. The lowest BCUT2D eigenvalue weighted by Gasteiger charge is -2.35. The third kappa shape index (κ3) is 4.53. The third-order valence-corrected chi connectivity index (χ3v) is 5.41. The van der Waals surface area contributed by atoms with E-state index in [0.717, 1.165) is 69.1 Å². The molecule has 0 saturated carbocycles. The Morgan fingerprint density at radius 3 is 2.64 bits per heavy atom. The Kier molecular flexibility index (Phi) is 6.32. The van der Waals surface area contributed by atoms with Crippen molar-refractivity contribution in [1.29, 1.82) is 0 Å². The second-order valence-electron chi connectivity index (χ2n) is 7.07. The second-order valence-corrected chi connectivity index (χ2v) is 7.07. The van der Waals surface area contributed by atoms with Crippen molar-refractivity contribution in [2.24, 2.45) is 0 Å². The van der Waals surface area contributed by atoms with Gasteiger partial charge in [-0.15, -0.1) is 0 Å². The zero-order chi connectivity index (χ0) is 17.6. The SMILES string of the molecule is COc1ccc(C(=O)N(CCN2CCCC2)C2CCOCC2)c(C)c1. The van der Waals surface area contributed by atoms with E-state index < -0.39 is 0 Å². The number of methoxy groups -OCH3 is 1. The van der Waals surface area contributed by atoms with Crippen molar-refractivity contribution in [3.63, 3.8) is 0 Å². The van der Waals surface area contributed by atoms with Gasteiger partial charge in [0.1, 0.15) is 5.75 Å². The van der Waals surface area contributed by atoms with Gasteiger partial charge >= 0.3 is 0 Å². The molecular weight excluding hydrogens is 316 g/mol. The second kappa shape index (κ2) is 8.68. The predicted octanol–water partition coefficient (Wildman–Crippen LogP) is 2.72. The van der Waals surface area contributed by atoms with Gasteiger partial charge in [-0.05, 0) is 69.5 Å². The standard InChI is InChI=1S/C20H30N2O3/c1-16-15-18(24-2)5-6-19(16)20(23)22(17-7-13-25-14-8-17)12-11-21-9-3-4-10-21/h5-6,15,17H,3-4,7-14H2,1-2H3. The number of amides is 1. The van der Waals surface area contributed by atoms with E-state index in [1.54, 1.807) is 7.11 Å². The Bertz CT molecular complexity index is 578. The lowest BCUT2D eigenvalue weighted by Crippen LogP contribution is -2.46. The van der Waals surface area contributed by atoms with E-state index in [2.05, 4.69) is 9.80 Å². The molecular formula is C20H30N2O3. The van der Waals surface area contributed by atoms with Crippen LogP contribution in [-0.2, 0) is 4.74 Å². The van der Waals surface area contributed by atoms with Crippen LogP contribution >= 0.6 is 0 Å². The van der Waals surface area contributed by atoms with Crippen LogP contribution in [0.15, 0.2) is 18.2 Å².